The number of nitrogens with zero attached hydrogens (tertiary/aromatic N) is 5. The number of aromatic nitrogens is 5. The first kappa shape index (κ1) is 18.7. The number of alkyl halides is 2. The number of carbonyl (C=O) groups is 1. The molecule has 3 heterocycles. The molecule has 4 rings (SSSR count). The van der Waals surface area contributed by atoms with Gasteiger partial charge in [-0.3, -0.25) is 9.48 Å². The smallest absolute Gasteiger partial charge is 0.280 e. The summed E-state index contributed by atoms with van der Waals surface area (Å²) < 4.78 is 42.9. The van der Waals surface area contributed by atoms with E-state index in [1.54, 1.807) is 24.0 Å². The van der Waals surface area contributed by atoms with Crippen LogP contribution in [-0.2, 0) is 13.6 Å². The SMILES string of the molecule is Cn1nccc1CNC(=O)c1cnn2c(C(F)F)cc(-c3ccc(F)cc3)nc12. The van der Waals surface area contributed by atoms with E-state index < -0.39 is 23.8 Å². The van der Waals surface area contributed by atoms with Crippen LogP contribution < -0.4 is 5.32 Å². The predicted octanol–water partition coefficient (Wildman–Crippen LogP) is 3.14. The molecule has 0 radical (unpaired) electrons. The van der Waals surface area contributed by atoms with Crippen LogP contribution in [0.25, 0.3) is 16.9 Å². The van der Waals surface area contributed by atoms with Gasteiger partial charge < -0.3 is 5.32 Å². The van der Waals surface area contributed by atoms with Crippen LogP contribution in [0.2, 0.25) is 0 Å². The maximum absolute atomic E-state index is 13.6. The molecule has 29 heavy (non-hydrogen) atoms. The van der Waals surface area contributed by atoms with E-state index in [2.05, 4.69) is 20.5 Å². The Morgan fingerprint density at radius 2 is 1.93 bits per heavy atom. The Hall–Kier alpha value is -3.69. The molecule has 1 amide bonds. The zero-order chi connectivity index (χ0) is 20.5. The fourth-order valence-corrected chi connectivity index (χ4v) is 2.91. The van der Waals surface area contributed by atoms with Gasteiger partial charge in [0.15, 0.2) is 5.65 Å². The minimum Gasteiger partial charge on any atom is -0.346 e. The number of carbonyl (C=O) groups excluding carboxylic acids is 1. The van der Waals surface area contributed by atoms with Crippen molar-refractivity contribution in [1.82, 2.24) is 29.7 Å². The summed E-state index contributed by atoms with van der Waals surface area (Å²) in [5.41, 5.74) is 1.03. The van der Waals surface area contributed by atoms with E-state index in [9.17, 15) is 18.0 Å². The van der Waals surface area contributed by atoms with Crippen LogP contribution in [-0.4, -0.2) is 30.3 Å². The van der Waals surface area contributed by atoms with Gasteiger partial charge in [0, 0.05) is 18.8 Å². The van der Waals surface area contributed by atoms with Gasteiger partial charge in [-0.05, 0) is 36.4 Å². The Balaban J connectivity index is 1.74. The number of halogens is 3. The van der Waals surface area contributed by atoms with Crippen LogP contribution in [0.5, 0.6) is 0 Å². The summed E-state index contributed by atoms with van der Waals surface area (Å²) in [4.78, 5) is 17.0. The number of benzene rings is 1. The zero-order valence-electron chi connectivity index (χ0n) is 15.2. The maximum Gasteiger partial charge on any atom is 0.280 e. The molecule has 7 nitrogen and oxygen atoms in total. The fraction of sp³-hybridized carbons (Fsp3) is 0.158. The van der Waals surface area contributed by atoms with Gasteiger partial charge in [0.1, 0.15) is 17.1 Å². The Kier molecular flexibility index (Phi) is 4.75. The molecule has 0 fully saturated rings. The summed E-state index contributed by atoms with van der Waals surface area (Å²) >= 11 is 0. The molecule has 10 heteroatoms. The summed E-state index contributed by atoms with van der Waals surface area (Å²) in [5.74, 6) is -0.964. The van der Waals surface area contributed by atoms with Gasteiger partial charge in [-0.1, -0.05) is 0 Å². The Bertz CT molecular complexity index is 1180. The van der Waals surface area contributed by atoms with Crippen LogP contribution in [0.3, 0.4) is 0 Å². The van der Waals surface area contributed by atoms with Crippen molar-refractivity contribution in [3.63, 3.8) is 0 Å². The number of hydrogen-bond donors (Lipinski definition) is 1. The quantitative estimate of drug-likeness (QED) is 0.558. The first-order chi connectivity index (χ1) is 13.9. The number of nitrogens with one attached hydrogen (secondary N) is 1. The number of hydrogen-bond acceptors (Lipinski definition) is 4. The molecular weight excluding hydrogens is 385 g/mol. The average molecular weight is 400 g/mol. The van der Waals surface area contributed by atoms with Crippen molar-refractivity contribution in [3.05, 3.63) is 71.6 Å². The molecule has 0 spiro atoms. The summed E-state index contributed by atoms with van der Waals surface area (Å²) in [6, 6.07) is 8.21. The predicted molar refractivity (Wildman–Crippen MR) is 97.7 cm³/mol. The number of fused-ring (bicyclic) bond motifs is 1. The van der Waals surface area contributed by atoms with Crippen molar-refractivity contribution >= 4 is 11.6 Å². The lowest BCUT2D eigenvalue weighted by molar-refractivity contribution is 0.0951. The van der Waals surface area contributed by atoms with Crippen molar-refractivity contribution in [2.75, 3.05) is 0 Å². The molecule has 0 bridgehead atoms. The van der Waals surface area contributed by atoms with Crippen molar-refractivity contribution in [3.8, 4) is 11.3 Å². The van der Waals surface area contributed by atoms with Crippen molar-refractivity contribution in [2.24, 2.45) is 7.05 Å². The van der Waals surface area contributed by atoms with Crippen LogP contribution >= 0.6 is 0 Å². The Morgan fingerprint density at radius 3 is 2.59 bits per heavy atom. The molecule has 0 aliphatic heterocycles. The third-order valence-corrected chi connectivity index (χ3v) is 4.46. The van der Waals surface area contributed by atoms with Crippen LogP contribution in [0.1, 0.15) is 28.2 Å². The van der Waals surface area contributed by atoms with Crippen molar-refractivity contribution < 1.29 is 18.0 Å². The molecule has 0 saturated heterocycles. The minimum atomic E-state index is -2.84. The maximum atomic E-state index is 13.6. The molecule has 0 aliphatic carbocycles. The van der Waals surface area contributed by atoms with Crippen molar-refractivity contribution in [2.45, 2.75) is 13.0 Å². The number of rotatable bonds is 5. The standard InChI is InChI=1S/C19H15F3N6O/c1-27-13(6-7-24-27)9-23-19(29)14-10-25-28-16(17(21)22)8-15(26-18(14)28)11-2-4-12(20)5-3-11/h2-8,10,17H,9H2,1H3,(H,23,29). The minimum absolute atomic E-state index is 0.00960. The summed E-state index contributed by atoms with van der Waals surface area (Å²) in [6.07, 6.45) is -0.0475. The van der Waals surface area contributed by atoms with E-state index in [4.69, 9.17) is 0 Å². The highest BCUT2D eigenvalue weighted by Crippen LogP contribution is 2.27. The average Bonchev–Trinajstić information content (AvgIpc) is 3.31. The molecule has 1 aromatic carbocycles. The van der Waals surface area contributed by atoms with Crippen LogP contribution in [0.15, 0.2) is 48.8 Å². The molecule has 3 aromatic heterocycles. The Labute approximate surface area is 162 Å². The molecule has 1 N–H and O–H groups in total. The van der Waals surface area contributed by atoms with Gasteiger partial charge in [-0.25, -0.2) is 22.7 Å². The normalized spacial score (nSPS) is 11.3. The second-order valence-electron chi connectivity index (χ2n) is 6.30. The van der Waals surface area contributed by atoms with Gasteiger partial charge in [0.25, 0.3) is 12.3 Å². The zero-order valence-corrected chi connectivity index (χ0v) is 15.2. The number of aryl methyl sites for hydroxylation is 1. The van der Waals surface area contributed by atoms with Gasteiger partial charge >= 0.3 is 0 Å². The van der Waals surface area contributed by atoms with Gasteiger partial charge in [0.2, 0.25) is 0 Å². The first-order valence-electron chi connectivity index (χ1n) is 8.62. The number of amides is 1. The lowest BCUT2D eigenvalue weighted by Gasteiger charge is -2.09. The molecule has 148 valence electrons. The monoisotopic (exact) mass is 400 g/mol. The molecule has 4 aromatic rings. The Morgan fingerprint density at radius 1 is 1.17 bits per heavy atom. The molecular formula is C19H15F3N6O. The summed E-state index contributed by atoms with van der Waals surface area (Å²) in [5, 5.41) is 10.6. The fourth-order valence-electron chi connectivity index (χ4n) is 2.91. The van der Waals surface area contributed by atoms with Crippen LogP contribution in [0, 0.1) is 5.82 Å². The van der Waals surface area contributed by atoms with E-state index >= 15 is 0 Å². The largest absolute Gasteiger partial charge is 0.346 e. The third kappa shape index (κ3) is 3.56. The highest BCUT2D eigenvalue weighted by atomic mass is 19.3. The summed E-state index contributed by atoms with van der Waals surface area (Å²) in [7, 11) is 1.74. The van der Waals surface area contributed by atoms with E-state index in [0.29, 0.717) is 5.56 Å². The highest BCUT2D eigenvalue weighted by Gasteiger charge is 2.21. The first-order valence-corrected chi connectivity index (χ1v) is 8.62. The molecule has 0 unspecified atom stereocenters. The second-order valence-corrected chi connectivity index (χ2v) is 6.30. The molecule has 0 saturated carbocycles. The van der Waals surface area contributed by atoms with Crippen molar-refractivity contribution in [1.29, 1.82) is 0 Å². The van der Waals surface area contributed by atoms with E-state index in [1.165, 1.54) is 36.5 Å². The lowest BCUT2D eigenvalue weighted by atomic mass is 10.1. The third-order valence-electron chi connectivity index (χ3n) is 4.46. The topological polar surface area (TPSA) is 77.1 Å². The van der Waals surface area contributed by atoms with E-state index in [-0.39, 0.29) is 23.4 Å². The molecule has 0 atom stereocenters. The second kappa shape index (κ2) is 7.38. The van der Waals surface area contributed by atoms with Gasteiger partial charge in [0.05, 0.1) is 24.1 Å². The summed E-state index contributed by atoms with van der Waals surface area (Å²) in [6.45, 7) is 0.200. The van der Waals surface area contributed by atoms with E-state index in [1.807, 2.05) is 0 Å². The molecule has 0 aliphatic rings. The van der Waals surface area contributed by atoms with Gasteiger partial charge in [-0.2, -0.15) is 10.2 Å². The van der Waals surface area contributed by atoms with Gasteiger partial charge in [-0.15, -0.1) is 0 Å². The lowest BCUT2D eigenvalue weighted by Crippen LogP contribution is -2.24. The van der Waals surface area contributed by atoms with E-state index in [0.717, 1.165) is 10.2 Å². The highest BCUT2D eigenvalue weighted by molar-refractivity contribution is 5.99. The van der Waals surface area contributed by atoms with Crippen LogP contribution in [0.4, 0.5) is 13.2 Å².